The summed E-state index contributed by atoms with van der Waals surface area (Å²) in [6.07, 6.45) is 5.59. The van der Waals surface area contributed by atoms with Gasteiger partial charge in [0.2, 0.25) is 0 Å². The summed E-state index contributed by atoms with van der Waals surface area (Å²) in [7, 11) is -0.189. The maximum Gasteiger partial charge on any atom is 0.366 e. The molecule has 0 spiro atoms. The van der Waals surface area contributed by atoms with Gasteiger partial charge >= 0.3 is 16.3 Å². The average Bonchev–Trinajstić information content (AvgIpc) is 3.32. The number of likely N-dealkylation sites (N-methyl/N-ethyl adjacent to an activating group) is 1. The highest BCUT2D eigenvalue weighted by molar-refractivity contribution is 7.85. The molecule has 9 nitrogen and oxygen atoms in total. The lowest BCUT2D eigenvalue weighted by atomic mass is 9.95. The van der Waals surface area contributed by atoms with Crippen LogP contribution in [0.2, 0.25) is 0 Å². The number of esters is 1. The predicted molar refractivity (Wildman–Crippen MR) is 158 cm³/mol. The molecule has 0 unspecified atom stereocenters. The molecule has 1 aromatic heterocycles. The molecule has 0 saturated carbocycles. The molecule has 0 N–H and O–H groups in total. The number of para-hydroxylation sites is 1. The number of ether oxygens (including phenoxy) is 2. The van der Waals surface area contributed by atoms with E-state index in [0.717, 1.165) is 34.6 Å². The SMILES string of the molecule is C=CC=C.CC.CN(C)CCc1cn(S(=O)(=O)OCC(C)(C)C(=O)OCCN2CCOCC2)c2ccccc12. The second-order valence-electron chi connectivity index (χ2n) is 9.69. The van der Waals surface area contributed by atoms with Gasteiger partial charge in [0.05, 0.1) is 30.8 Å². The molecule has 0 atom stereocenters. The molecule has 10 heteroatoms. The summed E-state index contributed by atoms with van der Waals surface area (Å²) in [4.78, 5) is 16.8. The van der Waals surface area contributed by atoms with Crippen LogP contribution >= 0.6 is 0 Å². The minimum atomic E-state index is -4.14. The largest absolute Gasteiger partial charge is 0.464 e. The van der Waals surface area contributed by atoms with Crippen molar-refractivity contribution in [3.8, 4) is 0 Å². The van der Waals surface area contributed by atoms with Gasteiger partial charge in [0.15, 0.2) is 0 Å². The van der Waals surface area contributed by atoms with Crippen LogP contribution in [-0.2, 0) is 35.2 Å². The van der Waals surface area contributed by atoms with E-state index in [-0.39, 0.29) is 13.2 Å². The van der Waals surface area contributed by atoms with Gasteiger partial charge < -0.3 is 14.4 Å². The maximum atomic E-state index is 13.0. The molecule has 2 aromatic rings. The van der Waals surface area contributed by atoms with Crippen LogP contribution in [0.4, 0.5) is 0 Å². The van der Waals surface area contributed by atoms with Crippen molar-refractivity contribution >= 4 is 27.2 Å². The van der Waals surface area contributed by atoms with Crippen molar-refractivity contribution < 1.29 is 26.9 Å². The van der Waals surface area contributed by atoms with Crippen LogP contribution in [0, 0.1) is 5.41 Å². The summed E-state index contributed by atoms with van der Waals surface area (Å²) in [5.74, 6) is -0.491. The zero-order chi connectivity index (χ0) is 29.5. The molecule has 1 aliphatic rings. The maximum absolute atomic E-state index is 13.0. The van der Waals surface area contributed by atoms with Gasteiger partial charge in [0.1, 0.15) is 6.61 Å². The first-order chi connectivity index (χ1) is 18.5. The molecular weight excluding hydrogens is 518 g/mol. The van der Waals surface area contributed by atoms with Crippen molar-refractivity contribution in [1.29, 1.82) is 0 Å². The van der Waals surface area contributed by atoms with E-state index in [2.05, 4.69) is 18.1 Å². The van der Waals surface area contributed by atoms with Crippen LogP contribution in [-0.4, -0.2) is 94.9 Å². The summed E-state index contributed by atoms with van der Waals surface area (Å²) < 4.78 is 43.3. The quantitative estimate of drug-likeness (QED) is 0.280. The Morgan fingerprint density at radius 1 is 1.13 bits per heavy atom. The Bertz CT molecular complexity index is 1130. The van der Waals surface area contributed by atoms with E-state index in [1.807, 2.05) is 45.0 Å². The smallest absolute Gasteiger partial charge is 0.366 e. The van der Waals surface area contributed by atoms with Gasteiger partial charge in [0, 0.05) is 37.8 Å². The third-order valence-electron chi connectivity index (χ3n) is 5.86. The molecule has 1 saturated heterocycles. The van der Waals surface area contributed by atoms with Crippen LogP contribution in [0.3, 0.4) is 0 Å². The molecule has 1 fully saturated rings. The number of hydrogen-bond acceptors (Lipinski definition) is 8. The second kappa shape index (κ2) is 17.2. The van der Waals surface area contributed by atoms with Crippen molar-refractivity contribution in [1.82, 2.24) is 13.8 Å². The molecule has 2 heterocycles. The number of benzene rings is 1. The average molecular weight is 566 g/mol. The number of carbonyl (C=O) groups is 1. The molecule has 0 radical (unpaired) electrons. The lowest BCUT2D eigenvalue weighted by molar-refractivity contribution is -0.156. The molecular formula is C29H47N3O6S. The number of fused-ring (bicyclic) bond motifs is 1. The molecule has 0 bridgehead atoms. The normalized spacial score (nSPS) is 14.1. The number of nitrogens with zero attached hydrogens (tertiary/aromatic N) is 3. The fourth-order valence-corrected chi connectivity index (χ4v) is 4.78. The summed E-state index contributed by atoms with van der Waals surface area (Å²) in [5, 5.41) is 0.869. The van der Waals surface area contributed by atoms with Crippen LogP contribution in [0.5, 0.6) is 0 Å². The highest BCUT2D eigenvalue weighted by Gasteiger charge is 2.33. The summed E-state index contributed by atoms with van der Waals surface area (Å²) >= 11 is 0. The van der Waals surface area contributed by atoms with E-state index in [9.17, 15) is 13.2 Å². The Morgan fingerprint density at radius 2 is 1.74 bits per heavy atom. The van der Waals surface area contributed by atoms with Crippen molar-refractivity contribution in [2.45, 2.75) is 34.1 Å². The van der Waals surface area contributed by atoms with E-state index in [4.69, 9.17) is 13.7 Å². The van der Waals surface area contributed by atoms with E-state index < -0.39 is 21.7 Å². The van der Waals surface area contributed by atoms with Crippen LogP contribution in [0.25, 0.3) is 10.9 Å². The molecule has 0 aliphatic carbocycles. The van der Waals surface area contributed by atoms with Gasteiger partial charge in [0.25, 0.3) is 0 Å². The Hall–Kier alpha value is -2.50. The molecule has 0 amide bonds. The topological polar surface area (TPSA) is 90.3 Å². The Balaban J connectivity index is 0.00000116. The van der Waals surface area contributed by atoms with Gasteiger partial charge in [-0.3, -0.25) is 13.9 Å². The predicted octanol–water partition coefficient (Wildman–Crippen LogP) is 4.14. The molecule has 39 heavy (non-hydrogen) atoms. The standard InChI is InChI=1S/C23H35N3O6S.C4H6.C2H6/c1-23(2,22(27)31-16-13-25-11-14-30-15-12-25)18-32-33(28,29)26-17-19(9-10-24(3)4)20-7-5-6-8-21(20)26;1-3-4-2;1-2/h5-8,17H,9-16,18H2,1-4H3;3-4H,1-2H2;1-2H3. The monoisotopic (exact) mass is 565 g/mol. The van der Waals surface area contributed by atoms with Gasteiger partial charge in [-0.25, -0.2) is 3.97 Å². The summed E-state index contributed by atoms with van der Waals surface area (Å²) in [5.41, 5.74) is 0.361. The summed E-state index contributed by atoms with van der Waals surface area (Å²) in [6, 6.07) is 7.33. The van der Waals surface area contributed by atoms with E-state index >= 15 is 0 Å². The van der Waals surface area contributed by atoms with E-state index in [0.29, 0.717) is 31.7 Å². The number of allylic oxidation sites excluding steroid dienone is 2. The van der Waals surface area contributed by atoms with Crippen molar-refractivity contribution in [2.75, 3.05) is 66.7 Å². The molecule has 1 aromatic carbocycles. The van der Waals surface area contributed by atoms with Gasteiger partial charge in [-0.05, 0) is 46.0 Å². The lowest BCUT2D eigenvalue weighted by Crippen LogP contribution is -2.40. The van der Waals surface area contributed by atoms with Crippen molar-refractivity contribution in [3.05, 3.63) is 61.3 Å². The van der Waals surface area contributed by atoms with Crippen LogP contribution in [0.15, 0.2) is 55.8 Å². The van der Waals surface area contributed by atoms with Gasteiger partial charge in [-0.1, -0.05) is 57.4 Å². The minimum Gasteiger partial charge on any atom is -0.464 e. The summed E-state index contributed by atoms with van der Waals surface area (Å²) in [6.45, 7) is 18.3. The first-order valence-corrected chi connectivity index (χ1v) is 14.7. The molecule has 220 valence electrons. The fraction of sp³-hybridized carbons (Fsp3) is 0.552. The van der Waals surface area contributed by atoms with E-state index in [1.165, 1.54) is 0 Å². The fourth-order valence-electron chi connectivity index (χ4n) is 3.57. The number of rotatable bonds is 12. The number of hydrogen-bond donors (Lipinski definition) is 0. The Kier molecular flexibility index (Phi) is 15.3. The Morgan fingerprint density at radius 3 is 2.33 bits per heavy atom. The third kappa shape index (κ3) is 11.3. The van der Waals surface area contributed by atoms with Gasteiger partial charge in [-0.15, -0.1) is 0 Å². The number of aromatic nitrogens is 1. The first kappa shape index (κ1) is 34.5. The van der Waals surface area contributed by atoms with Gasteiger partial charge in [-0.2, -0.15) is 8.42 Å². The van der Waals surface area contributed by atoms with Crippen LogP contribution < -0.4 is 0 Å². The van der Waals surface area contributed by atoms with Crippen molar-refractivity contribution in [2.24, 2.45) is 5.41 Å². The number of carbonyl (C=O) groups excluding carboxylic acids is 1. The molecule has 3 rings (SSSR count). The second-order valence-corrected chi connectivity index (χ2v) is 11.2. The van der Waals surface area contributed by atoms with Crippen LogP contribution in [0.1, 0.15) is 33.3 Å². The minimum absolute atomic E-state index is 0.243. The highest BCUT2D eigenvalue weighted by Crippen LogP contribution is 2.26. The zero-order valence-electron chi connectivity index (χ0n) is 24.5. The van der Waals surface area contributed by atoms with Crippen molar-refractivity contribution in [3.63, 3.8) is 0 Å². The highest BCUT2D eigenvalue weighted by atomic mass is 32.2. The Labute approximate surface area is 235 Å². The lowest BCUT2D eigenvalue weighted by Gasteiger charge is -2.27. The first-order valence-electron chi connectivity index (χ1n) is 13.4. The zero-order valence-corrected chi connectivity index (χ0v) is 25.3. The number of morpholine rings is 1. The van der Waals surface area contributed by atoms with E-state index in [1.54, 1.807) is 44.3 Å². The third-order valence-corrected chi connectivity index (χ3v) is 7.06. The molecule has 1 aliphatic heterocycles.